The minimum absolute atomic E-state index is 0.562. The van der Waals surface area contributed by atoms with Crippen LogP contribution in [0.3, 0.4) is 0 Å². The summed E-state index contributed by atoms with van der Waals surface area (Å²) < 4.78 is 0. The minimum Gasteiger partial charge on any atom is -0.315 e. The molecule has 96 valence electrons. The first-order chi connectivity index (χ1) is 8.19. The Morgan fingerprint density at radius 1 is 1.35 bits per heavy atom. The van der Waals surface area contributed by atoms with Crippen LogP contribution in [0.5, 0.6) is 0 Å². The van der Waals surface area contributed by atoms with Crippen molar-refractivity contribution in [2.45, 2.75) is 38.8 Å². The van der Waals surface area contributed by atoms with Gasteiger partial charge in [-0.2, -0.15) is 0 Å². The third kappa shape index (κ3) is 4.44. The Morgan fingerprint density at radius 3 is 2.53 bits per heavy atom. The molecular formula is C14H25N3. The van der Waals surface area contributed by atoms with Crippen LogP contribution >= 0.6 is 0 Å². The van der Waals surface area contributed by atoms with Gasteiger partial charge in [0.05, 0.1) is 0 Å². The summed E-state index contributed by atoms with van der Waals surface area (Å²) in [4.78, 5) is 6.46. The molecule has 1 N–H and O–H groups in total. The van der Waals surface area contributed by atoms with Crippen molar-refractivity contribution in [1.82, 2.24) is 15.2 Å². The zero-order valence-electron chi connectivity index (χ0n) is 11.5. The molecule has 0 aliphatic rings. The largest absolute Gasteiger partial charge is 0.315 e. The van der Waals surface area contributed by atoms with Crippen molar-refractivity contribution >= 4 is 0 Å². The lowest BCUT2D eigenvalue weighted by Gasteiger charge is -2.31. The van der Waals surface area contributed by atoms with Gasteiger partial charge in [-0.1, -0.05) is 6.92 Å². The van der Waals surface area contributed by atoms with Crippen LogP contribution in [-0.4, -0.2) is 42.6 Å². The molecule has 0 spiro atoms. The Balaban J connectivity index is 2.41. The topological polar surface area (TPSA) is 28.2 Å². The van der Waals surface area contributed by atoms with E-state index in [0.29, 0.717) is 12.1 Å². The van der Waals surface area contributed by atoms with E-state index >= 15 is 0 Å². The van der Waals surface area contributed by atoms with Crippen molar-refractivity contribution in [3.05, 3.63) is 30.1 Å². The fraction of sp³-hybridized carbons (Fsp3) is 0.643. The molecule has 0 radical (unpaired) electrons. The molecule has 1 aromatic rings. The Labute approximate surface area is 105 Å². The molecule has 1 rings (SSSR count). The number of nitrogens with zero attached hydrogens (tertiary/aromatic N) is 2. The highest BCUT2D eigenvalue weighted by Gasteiger charge is 2.17. The summed E-state index contributed by atoms with van der Waals surface area (Å²) >= 11 is 0. The lowest BCUT2D eigenvalue weighted by Crippen LogP contribution is -2.45. The molecule has 0 aromatic carbocycles. The Morgan fingerprint density at radius 2 is 2.00 bits per heavy atom. The molecule has 0 saturated heterocycles. The van der Waals surface area contributed by atoms with Gasteiger partial charge in [-0.05, 0) is 51.6 Å². The average molecular weight is 235 g/mol. The van der Waals surface area contributed by atoms with Crippen molar-refractivity contribution in [2.24, 2.45) is 0 Å². The van der Waals surface area contributed by atoms with Gasteiger partial charge in [0.2, 0.25) is 0 Å². The maximum Gasteiger partial charge on any atom is 0.0270 e. The fourth-order valence-electron chi connectivity index (χ4n) is 2.15. The first-order valence-electron chi connectivity index (χ1n) is 6.45. The normalized spacial score (nSPS) is 14.9. The maximum atomic E-state index is 4.04. The Kier molecular flexibility index (Phi) is 6.16. The zero-order valence-corrected chi connectivity index (χ0v) is 11.5. The molecule has 3 nitrogen and oxygen atoms in total. The Hall–Kier alpha value is -0.930. The molecule has 0 amide bonds. The summed E-state index contributed by atoms with van der Waals surface area (Å²) in [5, 5.41) is 3.38. The highest BCUT2D eigenvalue weighted by Crippen LogP contribution is 2.07. The van der Waals surface area contributed by atoms with Crippen molar-refractivity contribution in [3.63, 3.8) is 0 Å². The van der Waals surface area contributed by atoms with Crippen molar-refractivity contribution < 1.29 is 0 Å². The van der Waals surface area contributed by atoms with Crippen LogP contribution in [0.15, 0.2) is 24.5 Å². The van der Waals surface area contributed by atoms with Gasteiger partial charge in [0, 0.05) is 31.0 Å². The van der Waals surface area contributed by atoms with Gasteiger partial charge in [-0.25, -0.2) is 0 Å². The van der Waals surface area contributed by atoms with Crippen molar-refractivity contribution in [2.75, 3.05) is 20.6 Å². The number of pyridine rings is 1. The van der Waals surface area contributed by atoms with Gasteiger partial charge >= 0.3 is 0 Å². The van der Waals surface area contributed by atoms with E-state index in [4.69, 9.17) is 0 Å². The minimum atomic E-state index is 0.562. The van der Waals surface area contributed by atoms with E-state index in [2.05, 4.69) is 48.2 Å². The lowest BCUT2D eigenvalue weighted by atomic mass is 10.1. The number of aromatic nitrogens is 1. The molecule has 17 heavy (non-hydrogen) atoms. The summed E-state index contributed by atoms with van der Waals surface area (Å²) in [6.45, 7) is 5.61. The highest BCUT2D eigenvalue weighted by atomic mass is 15.2. The number of rotatable bonds is 7. The molecule has 0 fully saturated rings. The third-order valence-corrected chi connectivity index (χ3v) is 3.59. The summed E-state index contributed by atoms with van der Waals surface area (Å²) in [6.07, 6.45) is 5.98. The first kappa shape index (κ1) is 14.1. The fourth-order valence-corrected chi connectivity index (χ4v) is 2.15. The molecule has 0 bridgehead atoms. The van der Waals surface area contributed by atoms with Crippen LogP contribution in [0.2, 0.25) is 0 Å². The molecule has 3 heteroatoms. The van der Waals surface area contributed by atoms with E-state index in [1.807, 2.05) is 19.4 Å². The molecule has 0 saturated carbocycles. The van der Waals surface area contributed by atoms with Crippen LogP contribution in [0.4, 0.5) is 0 Å². The molecule has 2 unspecified atom stereocenters. The second kappa shape index (κ2) is 7.41. The van der Waals surface area contributed by atoms with Gasteiger partial charge in [0.1, 0.15) is 0 Å². The van der Waals surface area contributed by atoms with Crippen LogP contribution in [0.1, 0.15) is 25.8 Å². The smallest absolute Gasteiger partial charge is 0.0270 e. The van der Waals surface area contributed by atoms with Crippen LogP contribution in [0.25, 0.3) is 0 Å². The zero-order chi connectivity index (χ0) is 12.7. The van der Waals surface area contributed by atoms with Crippen LogP contribution in [0, 0.1) is 0 Å². The van der Waals surface area contributed by atoms with Crippen LogP contribution in [-0.2, 0) is 6.42 Å². The monoisotopic (exact) mass is 235 g/mol. The lowest BCUT2D eigenvalue weighted by molar-refractivity contribution is 0.210. The van der Waals surface area contributed by atoms with Gasteiger partial charge in [-0.3, -0.25) is 4.98 Å². The molecule has 1 heterocycles. The van der Waals surface area contributed by atoms with Crippen LogP contribution < -0.4 is 5.32 Å². The SMILES string of the molecule is CCC(NC)C(C)N(C)CCc1ccncc1. The van der Waals surface area contributed by atoms with E-state index in [-0.39, 0.29) is 0 Å². The highest BCUT2D eigenvalue weighted by molar-refractivity contribution is 5.09. The standard InChI is InChI=1S/C14H25N3/c1-5-14(15-3)12(2)17(4)11-8-13-6-9-16-10-7-13/h6-7,9-10,12,14-15H,5,8,11H2,1-4H3. The second-order valence-electron chi connectivity index (χ2n) is 4.63. The number of likely N-dealkylation sites (N-methyl/N-ethyl adjacent to an activating group) is 2. The predicted molar refractivity (Wildman–Crippen MR) is 73.2 cm³/mol. The Bertz CT molecular complexity index is 296. The predicted octanol–water partition coefficient (Wildman–Crippen LogP) is 1.94. The average Bonchev–Trinajstić information content (AvgIpc) is 2.38. The summed E-state index contributed by atoms with van der Waals surface area (Å²) in [5.41, 5.74) is 1.36. The van der Waals surface area contributed by atoms with E-state index in [1.165, 1.54) is 5.56 Å². The van der Waals surface area contributed by atoms with E-state index in [1.54, 1.807) is 0 Å². The first-order valence-corrected chi connectivity index (χ1v) is 6.45. The summed E-state index contributed by atoms with van der Waals surface area (Å²) in [6, 6.07) is 5.31. The molecule has 0 aliphatic heterocycles. The van der Waals surface area contributed by atoms with Gasteiger partial charge < -0.3 is 10.2 Å². The van der Waals surface area contributed by atoms with Gasteiger partial charge in [-0.15, -0.1) is 0 Å². The quantitative estimate of drug-likeness (QED) is 0.783. The second-order valence-corrected chi connectivity index (χ2v) is 4.63. The van der Waals surface area contributed by atoms with Crippen molar-refractivity contribution in [1.29, 1.82) is 0 Å². The molecular weight excluding hydrogens is 210 g/mol. The van der Waals surface area contributed by atoms with E-state index < -0.39 is 0 Å². The molecule has 1 aromatic heterocycles. The number of hydrogen-bond acceptors (Lipinski definition) is 3. The van der Waals surface area contributed by atoms with E-state index in [0.717, 1.165) is 19.4 Å². The summed E-state index contributed by atoms with van der Waals surface area (Å²) in [7, 11) is 4.24. The van der Waals surface area contributed by atoms with Gasteiger partial charge in [0.15, 0.2) is 0 Å². The third-order valence-electron chi connectivity index (χ3n) is 3.59. The van der Waals surface area contributed by atoms with Crippen molar-refractivity contribution in [3.8, 4) is 0 Å². The number of nitrogens with one attached hydrogen (secondary N) is 1. The number of hydrogen-bond donors (Lipinski definition) is 1. The maximum absolute atomic E-state index is 4.04. The summed E-state index contributed by atoms with van der Waals surface area (Å²) in [5.74, 6) is 0. The van der Waals surface area contributed by atoms with Gasteiger partial charge in [0.25, 0.3) is 0 Å². The van der Waals surface area contributed by atoms with E-state index in [9.17, 15) is 0 Å². The molecule has 2 atom stereocenters. The molecule has 0 aliphatic carbocycles.